The molecule has 2 rings (SSSR count). The Balaban J connectivity index is 2.46. The van der Waals surface area contributed by atoms with Crippen molar-refractivity contribution in [1.29, 1.82) is 0 Å². The zero-order valence-corrected chi connectivity index (χ0v) is 10.6. The summed E-state index contributed by atoms with van der Waals surface area (Å²) in [6, 6.07) is 5.18. The average Bonchev–Trinajstić information content (AvgIpc) is 2.75. The number of pyridine rings is 1. The summed E-state index contributed by atoms with van der Waals surface area (Å²) in [6.45, 7) is -1.67. The molecule has 3 N–H and O–H groups in total. The van der Waals surface area contributed by atoms with Crippen LogP contribution in [0.2, 0.25) is 0 Å². The van der Waals surface area contributed by atoms with E-state index in [-0.39, 0.29) is 18.9 Å². The topological polar surface area (TPSA) is 66.8 Å². The van der Waals surface area contributed by atoms with Gasteiger partial charge in [-0.15, -0.1) is 0 Å². The lowest BCUT2D eigenvalue weighted by molar-refractivity contribution is -0.120. The van der Waals surface area contributed by atoms with Gasteiger partial charge in [0, 0.05) is 19.3 Å². The van der Waals surface area contributed by atoms with Crippen LogP contribution in [-0.4, -0.2) is 40.4 Å². The van der Waals surface area contributed by atoms with Crippen molar-refractivity contribution < 1.29 is 18.3 Å². The first-order valence-electron chi connectivity index (χ1n) is 6.05. The SMILES string of the molecule is NCc1c(N(CCO)CC(F)(F)F)nc2ccccn12. The van der Waals surface area contributed by atoms with Crippen LogP contribution in [0.1, 0.15) is 5.69 Å². The molecule has 0 bridgehead atoms. The number of halogens is 3. The van der Waals surface area contributed by atoms with Gasteiger partial charge in [-0.25, -0.2) is 4.98 Å². The molecule has 0 amide bonds. The summed E-state index contributed by atoms with van der Waals surface area (Å²) < 4.78 is 39.5. The molecule has 0 aliphatic carbocycles. The van der Waals surface area contributed by atoms with E-state index in [4.69, 9.17) is 10.8 Å². The molecule has 0 fully saturated rings. The van der Waals surface area contributed by atoms with Crippen LogP contribution >= 0.6 is 0 Å². The van der Waals surface area contributed by atoms with Gasteiger partial charge in [0.2, 0.25) is 0 Å². The van der Waals surface area contributed by atoms with Gasteiger partial charge in [-0.3, -0.25) is 0 Å². The minimum absolute atomic E-state index is 0.0559. The van der Waals surface area contributed by atoms with Crippen molar-refractivity contribution in [3.05, 3.63) is 30.1 Å². The van der Waals surface area contributed by atoms with Crippen molar-refractivity contribution in [2.24, 2.45) is 5.73 Å². The molecule has 0 aromatic carbocycles. The molecular weight excluding hydrogens is 273 g/mol. The maximum absolute atomic E-state index is 12.6. The van der Waals surface area contributed by atoms with E-state index >= 15 is 0 Å². The Labute approximate surface area is 113 Å². The summed E-state index contributed by atoms with van der Waals surface area (Å²) >= 11 is 0. The van der Waals surface area contributed by atoms with Crippen molar-refractivity contribution >= 4 is 11.5 Å². The van der Waals surface area contributed by atoms with Gasteiger partial charge in [-0.05, 0) is 12.1 Å². The highest BCUT2D eigenvalue weighted by Crippen LogP contribution is 2.25. The number of rotatable bonds is 5. The summed E-state index contributed by atoms with van der Waals surface area (Å²) in [4.78, 5) is 5.18. The van der Waals surface area contributed by atoms with E-state index in [2.05, 4.69) is 4.98 Å². The molecule has 2 aromatic rings. The largest absolute Gasteiger partial charge is 0.405 e. The van der Waals surface area contributed by atoms with Gasteiger partial charge in [-0.1, -0.05) is 6.07 Å². The summed E-state index contributed by atoms with van der Waals surface area (Å²) in [5.41, 5.74) is 6.63. The van der Waals surface area contributed by atoms with E-state index < -0.39 is 19.3 Å². The summed E-state index contributed by atoms with van der Waals surface area (Å²) in [5.74, 6) is 0.157. The maximum Gasteiger partial charge on any atom is 0.405 e. The maximum atomic E-state index is 12.6. The van der Waals surface area contributed by atoms with Gasteiger partial charge in [-0.2, -0.15) is 13.2 Å². The van der Waals surface area contributed by atoms with Crippen molar-refractivity contribution in [2.45, 2.75) is 12.7 Å². The minimum Gasteiger partial charge on any atom is -0.395 e. The highest BCUT2D eigenvalue weighted by Gasteiger charge is 2.32. The number of anilines is 1. The molecule has 0 saturated carbocycles. The van der Waals surface area contributed by atoms with Crippen molar-refractivity contribution in [3.8, 4) is 0 Å². The van der Waals surface area contributed by atoms with E-state index in [1.54, 1.807) is 28.8 Å². The third kappa shape index (κ3) is 3.02. The lowest BCUT2D eigenvalue weighted by atomic mass is 10.3. The molecule has 2 heterocycles. The molecular formula is C12H15F3N4O. The van der Waals surface area contributed by atoms with Crippen molar-refractivity contribution in [1.82, 2.24) is 9.38 Å². The molecule has 0 atom stereocenters. The fraction of sp³-hybridized carbons (Fsp3) is 0.417. The van der Waals surface area contributed by atoms with Crippen LogP contribution in [-0.2, 0) is 6.54 Å². The third-order valence-corrected chi connectivity index (χ3v) is 2.84. The first kappa shape index (κ1) is 14.6. The molecule has 20 heavy (non-hydrogen) atoms. The predicted octanol–water partition coefficient (Wildman–Crippen LogP) is 1.15. The highest BCUT2D eigenvalue weighted by atomic mass is 19.4. The zero-order chi connectivity index (χ0) is 14.8. The molecule has 0 saturated heterocycles. The van der Waals surface area contributed by atoms with Crippen LogP contribution in [0.15, 0.2) is 24.4 Å². The smallest absolute Gasteiger partial charge is 0.395 e. The molecule has 0 unspecified atom stereocenters. The first-order valence-corrected chi connectivity index (χ1v) is 6.05. The fourth-order valence-electron chi connectivity index (χ4n) is 2.07. The second-order valence-electron chi connectivity index (χ2n) is 4.28. The van der Waals surface area contributed by atoms with Crippen LogP contribution in [0.25, 0.3) is 5.65 Å². The Morgan fingerprint density at radius 2 is 2.10 bits per heavy atom. The molecule has 110 valence electrons. The Kier molecular flexibility index (Phi) is 4.15. The minimum atomic E-state index is -4.38. The Bertz CT molecular complexity index is 582. The highest BCUT2D eigenvalue weighted by molar-refractivity contribution is 5.56. The number of hydrogen-bond acceptors (Lipinski definition) is 4. The quantitative estimate of drug-likeness (QED) is 0.866. The monoisotopic (exact) mass is 288 g/mol. The zero-order valence-electron chi connectivity index (χ0n) is 10.6. The summed E-state index contributed by atoms with van der Waals surface area (Å²) in [5, 5.41) is 8.96. The second-order valence-corrected chi connectivity index (χ2v) is 4.28. The number of aliphatic hydroxyl groups excluding tert-OH is 1. The first-order chi connectivity index (χ1) is 9.46. The van der Waals surface area contributed by atoms with Gasteiger partial charge in [0.25, 0.3) is 0 Å². The van der Waals surface area contributed by atoms with E-state index in [9.17, 15) is 13.2 Å². The van der Waals surface area contributed by atoms with Crippen LogP contribution < -0.4 is 10.6 Å². The van der Waals surface area contributed by atoms with Crippen LogP contribution in [0.5, 0.6) is 0 Å². The van der Waals surface area contributed by atoms with E-state index in [1.807, 2.05) is 0 Å². The molecule has 2 aromatic heterocycles. The number of alkyl halides is 3. The number of aliphatic hydroxyl groups is 1. The lowest BCUT2D eigenvalue weighted by Gasteiger charge is -2.23. The molecule has 0 radical (unpaired) electrons. The molecule has 0 spiro atoms. The number of hydrogen-bond donors (Lipinski definition) is 2. The van der Waals surface area contributed by atoms with Gasteiger partial charge in [0.1, 0.15) is 12.2 Å². The predicted molar refractivity (Wildman–Crippen MR) is 68.4 cm³/mol. The number of imidazole rings is 1. The Morgan fingerprint density at radius 3 is 2.70 bits per heavy atom. The molecule has 5 nitrogen and oxygen atoms in total. The molecule has 0 aliphatic rings. The van der Waals surface area contributed by atoms with Crippen LogP contribution in [0, 0.1) is 0 Å². The Morgan fingerprint density at radius 1 is 1.35 bits per heavy atom. The third-order valence-electron chi connectivity index (χ3n) is 2.84. The van der Waals surface area contributed by atoms with Gasteiger partial charge < -0.3 is 20.1 Å². The molecule has 0 aliphatic heterocycles. The van der Waals surface area contributed by atoms with Crippen LogP contribution in [0.3, 0.4) is 0 Å². The lowest BCUT2D eigenvalue weighted by Crippen LogP contribution is -2.37. The second kappa shape index (κ2) is 5.68. The van der Waals surface area contributed by atoms with E-state index in [1.165, 1.54) is 0 Å². The summed E-state index contributed by atoms with van der Waals surface area (Å²) in [6.07, 6.45) is -2.68. The number of aromatic nitrogens is 2. The fourth-order valence-corrected chi connectivity index (χ4v) is 2.07. The summed E-state index contributed by atoms with van der Waals surface area (Å²) in [7, 11) is 0. The number of nitrogens with two attached hydrogens (primary N) is 1. The number of nitrogens with zero attached hydrogens (tertiary/aromatic N) is 3. The normalized spacial score (nSPS) is 12.1. The van der Waals surface area contributed by atoms with Crippen molar-refractivity contribution in [3.63, 3.8) is 0 Å². The van der Waals surface area contributed by atoms with Gasteiger partial charge in [0.05, 0.1) is 12.3 Å². The molecule has 8 heteroatoms. The Hall–Kier alpha value is -1.80. The standard InChI is InChI=1S/C12H15F3N4O/c13-12(14,15)8-18(5-6-20)11-9(7-16)19-4-2-1-3-10(19)17-11/h1-4,20H,5-8,16H2. The van der Waals surface area contributed by atoms with Crippen molar-refractivity contribution in [2.75, 3.05) is 24.6 Å². The van der Waals surface area contributed by atoms with Crippen LogP contribution in [0.4, 0.5) is 19.0 Å². The van der Waals surface area contributed by atoms with Gasteiger partial charge in [0.15, 0.2) is 5.82 Å². The van der Waals surface area contributed by atoms with E-state index in [0.717, 1.165) is 4.90 Å². The van der Waals surface area contributed by atoms with E-state index in [0.29, 0.717) is 11.3 Å². The van der Waals surface area contributed by atoms with Gasteiger partial charge >= 0.3 is 6.18 Å². The average molecular weight is 288 g/mol. The number of fused-ring (bicyclic) bond motifs is 1.